The molecule has 3 nitrogen and oxygen atoms in total. The molecule has 0 spiro atoms. The summed E-state index contributed by atoms with van der Waals surface area (Å²) in [5, 5.41) is 5.23. The molecule has 2 aromatic rings. The minimum atomic E-state index is 0.165. The number of hydrogen-bond donors (Lipinski definition) is 1. The Morgan fingerprint density at radius 3 is 2.87 bits per heavy atom. The topological polar surface area (TPSA) is 32.3 Å². The minimum Gasteiger partial charge on any atom is -0.367 e. The molecule has 0 saturated carbocycles. The molecule has 2 heterocycles. The number of carbonyl (C=O) groups excluding carboxylic acids is 1. The van der Waals surface area contributed by atoms with Crippen LogP contribution in [0.3, 0.4) is 0 Å². The normalized spacial score (nSPS) is 17.4. The third kappa shape index (κ3) is 4.14. The van der Waals surface area contributed by atoms with E-state index in [1.807, 2.05) is 6.07 Å². The summed E-state index contributed by atoms with van der Waals surface area (Å²) in [6, 6.07) is 13.0. The Morgan fingerprint density at radius 2 is 2.13 bits per heavy atom. The summed E-state index contributed by atoms with van der Waals surface area (Å²) in [5.41, 5.74) is 2.56. The van der Waals surface area contributed by atoms with Crippen LogP contribution in [0, 0.1) is 6.92 Å². The Labute approximate surface area is 142 Å². The molecule has 1 saturated heterocycles. The molecular formula is C19H24N2OS. The van der Waals surface area contributed by atoms with Gasteiger partial charge in [-0.2, -0.15) is 0 Å². The number of anilines is 1. The molecule has 23 heavy (non-hydrogen) atoms. The Bertz CT molecular complexity index is 638. The lowest BCUT2D eigenvalue weighted by Gasteiger charge is -2.27. The van der Waals surface area contributed by atoms with Gasteiger partial charge in [-0.3, -0.25) is 4.79 Å². The van der Waals surface area contributed by atoms with E-state index >= 15 is 0 Å². The zero-order valence-electron chi connectivity index (χ0n) is 13.6. The lowest BCUT2D eigenvalue weighted by Crippen LogP contribution is -2.40. The number of nitrogens with zero attached hydrogens (tertiary/aromatic N) is 1. The SMILES string of the molecule is Cc1ccsc1CCC(=O)NC[C@@H]1CCCN1c1ccccc1. The van der Waals surface area contributed by atoms with Crippen molar-refractivity contribution in [1.82, 2.24) is 5.32 Å². The number of amides is 1. The molecule has 1 N–H and O–H groups in total. The van der Waals surface area contributed by atoms with Gasteiger partial charge in [0.2, 0.25) is 5.91 Å². The molecule has 0 radical (unpaired) electrons. The van der Waals surface area contributed by atoms with Crippen LogP contribution in [-0.4, -0.2) is 25.0 Å². The summed E-state index contributed by atoms with van der Waals surface area (Å²) in [6.45, 7) is 3.94. The lowest BCUT2D eigenvalue weighted by molar-refractivity contribution is -0.121. The maximum absolute atomic E-state index is 12.1. The Hall–Kier alpha value is -1.81. The van der Waals surface area contributed by atoms with Gasteiger partial charge in [-0.15, -0.1) is 11.3 Å². The van der Waals surface area contributed by atoms with Crippen LogP contribution in [0.15, 0.2) is 41.8 Å². The highest BCUT2D eigenvalue weighted by molar-refractivity contribution is 7.10. The predicted octanol–water partition coefficient (Wildman–Crippen LogP) is 3.77. The Kier molecular flexibility index (Phi) is 5.34. The van der Waals surface area contributed by atoms with E-state index < -0.39 is 0 Å². The number of para-hydroxylation sites is 1. The van der Waals surface area contributed by atoms with E-state index in [1.54, 1.807) is 11.3 Å². The smallest absolute Gasteiger partial charge is 0.220 e. The molecule has 1 aliphatic rings. The number of hydrogen-bond acceptors (Lipinski definition) is 3. The molecule has 1 atom stereocenters. The van der Waals surface area contributed by atoms with Gasteiger partial charge in [-0.05, 0) is 55.3 Å². The summed E-state index contributed by atoms with van der Waals surface area (Å²) >= 11 is 1.74. The molecule has 3 rings (SSSR count). The fourth-order valence-corrected chi connectivity index (χ4v) is 4.12. The van der Waals surface area contributed by atoms with Gasteiger partial charge < -0.3 is 10.2 Å². The number of carbonyl (C=O) groups is 1. The molecule has 0 aliphatic carbocycles. The maximum Gasteiger partial charge on any atom is 0.220 e. The van der Waals surface area contributed by atoms with Crippen LogP contribution in [-0.2, 0) is 11.2 Å². The van der Waals surface area contributed by atoms with Crippen molar-refractivity contribution in [3.05, 3.63) is 52.2 Å². The van der Waals surface area contributed by atoms with Crippen molar-refractivity contribution in [2.45, 2.75) is 38.6 Å². The first-order valence-corrected chi connectivity index (χ1v) is 9.23. The average Bonchev–Trinajstić information content (AvgIpc) is 3.20. The third-order valence-electron chi connectivity index (χ3n) is 4.55. The lowest BCUT2D eigenvalue weighted by atomic mass is 10.1. The number of aryl methyl sites for hydroxylation is 2. The second kappa shape index (κ2) is 7.64. The summed E-state index contributed by atoms with van der Waals surface area (Å²) in [5.74, 6) is 0.165. The second-order valence-corrected chi connectivity index (χ2v) is 7.16. The highest BCUT2D eigenvalue weighted by Crippen LogP contribution is 2.24. The summed E-state index contributed by atoms with van der Waals surface area (Å²) in [4.78, 5) is 15.9. The van der Waals surface area contributed by atoms with Gasteiger partial charge in [0.1, 0.15) is 0 Å². The van der Waals surface area contributed by atoms with E-state index in [9.17, 15) is 4.79 Å². The van der Waals surface area contributed by atoms with E-state index in [0.29, 0.717) is 12.5 Å². The van der Waals surface area contributed by atoms with Gasteiger partial charge in [0.15, 0.2) is 0 Å². The molecule has 1 amide bonds. The van der Waals surface area contributed by atoms with Crippen LogP contribution in [0.5, 0.6) is 0 Å². The number of rotatable bonds is 6. The molecule has 1 aromatic carbocycles. The van der Waals surface area contributed by atoms with Crippen LogP contribution in [0.25, 0.3) is 0 Å². The molecule has 1 fully saturated rings. The van der Waals surface area contributed by atoms with Crippen molar-refractivity contribution in [3.63, 3.8) is 0 Å². The molecule has 1 aliphatic heterocycles. The van der Waals surface area contributed by atoms with Gasteiger partial charge in [0.25, 0.3) is 0 Å². The van der Waals surface area contributed by atoms with Crippen molar-refractivity contribution < 1.29 is 4.79 Å². The zero-order valence-corrected chi connectivity index (χ0v) is 14.4. The first kappa shape index (κ1) is 16.1. The van der Waals surface area contributed by atoms with Crippen molar-refractivity contribution in [3.8, 4) is 0 Å². The molecule has 0 unspecified atom stereocenters. The molecular weight excluding hydrogens is 304 g/mol. The van der Waals surface area contributed by atoms with Gasteiger partial charge in [-0.25, -0.2) is 0 Å². The number of nitrogens with one attached hydrogen (secondary N) is 1. The maximum atomic E-state index is 12.1. The van der Waals surface area contributed by atoms with Crippen molar-refractivity contribution in [2.75, 3.05) is 18.0 Å². The number of thiophene rings is 1. The molecule has 122 valence electrons. The summed E-state index contributed by atoms with van der Waals surface area (Å²) in [6.07, 6.45) is 3.78. The monoisotopic (exact) mass is 328 g/mol. The van der Waals surface area contributed by atoms with Crippen molar-refractivity contribution in [2.24, 2.45) is 0 Å². The first-order valence-electron chi connectivity index (χ1n) is 8.35. The van der Waals surface area contributed by atoms with E-state index in [-0.39, 0.29) is 5.91 Å². The minimum absolute atomic E-state index is 0.165. The van der Waals surface area contributed by atoms with Crippen LogP contribution < -0.4 is 10.2 Å². The van der Waals surface area contributed by atoms with Gasteiger partial charge in [0, 0.05) is 36.1 Å². The largest absolute Gasteiger partial charge is 0.367 e. The van der Waals surface area contributed by atoms with Gasteiger partial charge in [0.05, 0.1) is 0 Å². The Morgan fingerprint density at radius 1 is 1.30 bits per heavy atom. The van der Waals surface area contributed by atoms with Crippen molar-refractivity contribution >= 4 is 22.9 Å². The average molecular weight is 328 g/mol. The van der Waals surface area contributed by atoms with E-state index in [1.165, 1.54) is 22.5 Å². The first-order chi connectivity index (χ1) is 11.2. The predicted molar refractivity (Wildman–Crippen MR) is 97.2 cm³/mol. The second-order valence-electron chi connectivity index (χ2n) is 6.16. The number of benzene rings is 1. The van der Waals surface area contributed by atoms with E-state index in [4.69, 9.17) is 0 Å². The Balaban J connectivity index is 1.47. The molecule has 1 aromatic heterocycles. The fourth-order valence-electron chi connectivity index (χ4n) is 3.21. The standard InChI is InChI=1S/C19H24N2OS/c1-15-11-13-23-18(15)9-10-19(22)20-14-17-8-5-12-21(17)16-6-3-2-4-7-16/h2-4,6-7,11,13,17H,5,8-10,12,14H2,1H3,(H,20,22)/t17-/m0/s1. The highest BCUT2D eigenvalue weighted by Gasteiger charge is 2.24. The quantitative estimate of drug-likeness (QED) is 0.875. The van der Waals surface area contributed by atoms with Crippen LogP contribution in [0.1, 0.15) is 29.7 Å². The van der Waals surface area contributed by atoms with E-state index in [0.717, 1.165) is 25.9 Å². The molecule has 4 heteroatoms. The van der Waals surface area contributed by atoms with E-state index in [2.05, 4.69) is 52.9 Å². The third-order valence-corrected chi connectivity index (χ3v) is 5.63. The summed E-state index contributed by atoms with van der Waals surface area (Å²) in [7, 11) is 0. The highest BCUT2D eigenvalue weighted by atomic mass is 32.1. The van der Waals surface area contributed by atoms with Crippen LogP contribution in [0.4, 0.5) is 5.69 Å². The van der Waals surface area contributed by atoms with Crippen molar-refractivity contribution in [1.29, 1.82) is 0 Å². The van der Waals surface area contributed by atoms with Crippen LogP contribution >= 0.6 is 11.3 Å². The van der Waals surface area contributed by atoms with Gasteiger partial charge in [-0.1, -0.05) is 18.2 Å². The fraction of sp³-hybridized carbons (Fsp3) is 0.421. The van der Waals surface area contributed by atoms with Crippen LogP contribution in [0.2, 0.25) is 0 Å². The summed E-state index contributed by atoms with van der Waals surface area (Å²) < 4.78 is 0. The molecule has 0 bridgehead atoms. The zero-order chi connectivity index (χ0) is 16.1. The van der Waals surface area contributed by atoms with Gasteiger partial charge >= 0.3 is 0 Å².